The molecule has 2 saturated heterocycles. The maximum atomic E-state index is 13.1. The molecule has 4 rings (SSSR count). The van der Waals surface area contributed by atoms with E-state index in [1.807, 2.05) is 31.2 Å². The van der Waals surface area contributed by atoms with E-state index in [2.05, 4.69) is 30.4 Å². The fourth-order valence-electron chi connectivity index (χ4n) is 4.08. The molecule has 1 unspecified atom stereocenters. The van der Waals surface area contributed by atoms with Crippen molar-refractivity contribution in [2.24, 2.45) is 0 Å². The van der Waals surface area contributed by atoms with Gasteiger partial charge in [-0.2, -0.15) is 0 Å². The van der Waals surface area contributed by atoms with Gasteiger partial charge in [0.15, 0.2) is 0 Å². The van der Waals surface area contributed by atoms with Crippen LogP contribution >= 0.6 is 0 Å². The van der Waals surface area contributed by atoms with E-state index in [1.165, 1.54) is 0 Å². The lowest BCUT2D eigenvalue weighted by Crippen LogP contribution is -2.60. The van der Waals surface area contributed by atoms with Crippen molar-refractivity contribution in [3.05, 3.63) is 48.3 Å². The van der Waals surface area contributed by atoms with Gasteiger partial charge in [0.25, 0.3) is 0 Å². The Morgan fingerprint density at radius 1 is 1.06 bits per heavy atom. The van der Waals surface area contributed by atoms with E-state index in [9.17, 15) is 14.4 Å². The number of anilines is 2. The number of aromatic nitrogens is 2. The molecule has 0 saturated carbocycles. The van der Waals surface area contributed by atoms with Crippen LogP contribution in [-0.2, 0) is 14.4 Å². The Kier molecular flexibility index (Phi) is 7.13. The molecule has 1 atom stereocenters. The summed E-state index contributed by atoms with van der Waals surface area (Å²) in [6.45, 7) is 5.81. The van der Waals surface area contributed by atoms with Crippen LogP contribution < -0.4 is 15.5 Å². The largest absolute Gasteiger partial charge is 0.353 e. The SMILES string of the molecule is Cc1ccc(NC(=O)CC2C(=O)NCCN2C(=O)CN2CCN(c3ncccn3)CC2)cc1. The molecule has 1 aromatic carbocycles. The summed E-state index contributed by atoms with van der Waals surface area (Å²) < 4.78 is 0. The van der Waals surface area contributed by atoms with Crippen molar-refractivity contribution in [3.8, 4) is 0 Å². The number of carbonyl (C=O) groups is 3. The lowest BCUT2D eigenvalue weighted by Gasteiger charge is -2.38. The van der Waals surface area contributed by atoms with Crippen molar-refractivity contribution >= 4 is 29.4 Å². The van der Waals surface area contributed by atoms with Gasteiger partial charge in [0.1, 0.15) is 6.04 Å². The normalized spacial score (nSPS) is 19.2. The molecular formula is C23H29N7O3. The third kappa shape index (κ3) is 5.83. The highest BCUT2D eigenvalue weighted by Gasteiger charge is 2.35. The maximum Gasteiger partial charge on any atom is 0.243 e. The first-order valence-corrected chi connectivity index (χ1v) is 11.2. The van der Waals surface area contributed by atoms with Crippen molar-refractivity contribution in [2.45, 2.75) is 19.4 Å². The first-order chi connectivity index (χ1) is 16.0. The average molecular weight is 452 g/mol. The molecule has 2 fully saturated rings. The first kappa shape index (κ1) is 22.7. The molecule has 3 heterocycles. The van der Waals surface area contributed by atoms with E-state index in [1.54, 1.807) is 23.4 Å². The lowest BCUT2D eigenvalue weighted by atomic mass is 10.1. The van der Waals surface area contributed by atoms with Gasteiger partial charge in [0.05, 0.1) is 13.0 Å². The molecule has 0 spiro atoms. The van der Waals surface area contributed by atoms with Gasteiger partial charge in [-0.05, 0) is 25.1 Å². The van der Waals surface area contributed by atoms with Gasteiger partial charge >= 0.3 is 0 Å². The zero-order chi connectivity index (χ0) is 23.2. The molecule has 0 aliphatic carbocycles. The summed E-state index contributed by atoms with van der Waals surface area (Å²) in [5.74, 6) is -0.0342. The minimum Gasteiger partial charge on any atom is -0.353 e. The fraction of sp³-hybridized carbons (Fsp3) is 0.435. The third-order valence-electron chi connectivity index (χ3n) is 5.93. The number of benzene rings is 1. The molecule has 33 heavy (non-hydrogen) atoms. The highest BCUT2D eigenvalue weighted by Crippen LogP contribution is 2.15. The van der Waals surface area contributed by atoms with E-state index in [0.29, 0.717) is 37.8 Å². The number of carbonyl (C=O) groups excluding carboxylic acids is 3. The predicted octanol–water partition coefficient (Wildman–Crippen LogP) is 0.263. The summed E-state index contributed by atoms with van der Waals surface area (Å²) in [5.41, 5.74) is 1.76. The van der Waals surface area contributed by atoms with E-state index in [4.69, 9.17) is 0 Å². The maximum absolute atomic E-state index is 13.1. The van der Waals surface area contributed by atoms with Crippen molar-refractivity contribution < 1.29 is 14.4 Å². The topological polar surface area (TPSA) is 111 Å². The van der Waals surface area contributed by atoms with Crippen molar-refractivity contribution in [3.63, 3.8) is 0 Å². The summed E-state index contributed by atoms with van der Waals surface area (Å²) in [6, 6.07) is 8.42. The smallest absolute Gasteiger partial charge is 0.243 e. The van der Waals surface area contributed by atoms with Crippen LogP contribution in [0, 0.1) is 6.92 Å². The second-order valence-corrected chi connectivity index (χ2v) is 8.32. The Balaban J connectivity index is 1.32. The Labute approximate surface area is 193 Å². The standard InChI is InChI=1S/C23H29N7O3/c1-17-3-5-18(6-4-17)27-20(31)15-19-22(33)24-9-10-30(19)21(32)16-28-11-13-29(14-12-28)23-25-7-2-8-26-23/h2-8,19H,9-16H2,1H3,(H,24,33)(H,27,31). The van der Waals surface area contributed by atoms with Gasteiger partial charge in [0.2, 0.25) is 23.7 Å². The molecule has 1 aromatic heterocycles. The monoisotopic (exact) mass is 451 g/mol. The Morgan fingerprint density at radius 2 is 1.76 bits per heavy atom. The van der Waals surface area contributed by atoms with Crippen LogP contribution in [-0.4, -0.2) is 89.3 Å². The van der Waals surface area contributed by atoms with Gasteiger partial charge in [-0.1, -0.05) is 17.7 Å². The first-order valence-electron chi connectivity index (χ1n) is 11.2. The Bertz CT molecular complexity index is 975. The van der Waals surface area contributed by atoms with Gasteiger partial charge in [-0.25, -0.2) is 9.97 Å². The molecule has 2 N–H and O–H groups in total. The van der Waals surface area contributed by atoms with Crippen molar-refractivity contribution in [1.82, 2.24) is 25.1 Å². The van der Waals surface area contributed by atoms with Gasteiger partial charge in [0, 0.05) is 57.3 Å². The fourth-order valence-corrected chi connectivity index (χ4v) is 4.08. The number of hydrogen-bond acceptors (Lipinski definition) is 7. The summed E-state index contributed by atoms with van der Waals surface area (Å²) in [5, 5.41) is 5.59. The van der Waals surface area contributed by atoms with Crippen LogP contribution in [0.15, 0.2) is 42.7 Å². The highest BCUT2D eigenvalue weighted by atomic mass is 16.2. The van der Waals surface area contributed by atoms with Crippen molar-refractivity contribution in [1.29, 1.82) is 0 Å². The molecular weight excluding hydrogens is 422 g/mol. The zero-order valence-electron chi connectivity index (χ0n) is 18.7. The predicted molar refractivity (Wildman–Crippen MR) is 124 cm³/mol. The van der Waals surface area contributed by atoms with Crippen LogP contribution in [0.2, 0.25) is 0 Å². The minimum atomic E-state index is -0.810. The molecule has 0 bridgehead atoms. The van der Waals surface area contributed by atoms with Crippen LogP contribution in [0.1, 0.15) is 12.0 Å². The molecule has 0 radical (unpaired) electrons. The van der Waals surface area contributed by atoms with E-state index in [-0.39, 0.29) is 30.7 Å². The zero-order valence-corrected chi connectivity index (χ0v) is 18.7. The number of nitrogens with one attached hydrogen (secondary N) is 2. The van der Waals surface area contributed by atoms with Crippen LogP contribution in [0.25, 0.3) is 0 Å². The number of nitrogens with zero attached hydrogens (tertiary/aromatic N) is 5. The second kappa shape index (κ2) is 10.4. The molecule has 174 valence electrons. The summed E-state index contributed by atoms with van der Waals surface area (Å²) in [6.07, 6.45) is 3.36. The number of amides is 3. The highest BCUT2D eigenvalue weighted by molar-refractivity contribution is 5.97. The second-order valence-electron chi connectivity index (χ2n) is 8.32. The number of rotatable bonds is 6. The number of piperazine rings is 2. The van der Waals surface area contributed by atoms with Crippen molar-refractivity contribution in [2.75, 3.05) is 56.0 Å². The molecule has 3 amide bonds. The van der Waals surface area contributed by atoms with E-state index < -0.39 is 6.04 Å². The van der Waals surface area contributed by atoms with Crippen LogP contribution in [0.5, 0.6) is 0 Å². The van der Waals surface area contributed by atoms with Crippen LogP contribution in [0.4, 0.5) is 11.6 Å². The summed E-state index contributed by atoms with van der Waals surface area (Å²) in [7, 11) is 0. The van der Waals surface area contributed by atoms with Gasteiger partial charge in [-0.3, -0.25) is 19.3 Å². The Morgan fingerprint density at radius 3 is 2.45 bits per heavy atom. The average Bonchev–Trinajstić information content (AvgIpc) is 2.83. The van der Waals surface area contributed by atoms with E-state index in [0.717, 1.165) is 18.7 Å². The quantitative estimate of drug-likeness (QED) is 0.648. The molecule has 2 aliphatic heterocycles. The molecule has 10 nitrogen and oxygen atoms in total. The number of aryl methyl sites for hydroxylation is 1. The number of hydrogen-bond donors (Lipinski definition) is 2. The molecule has 10 heteroatoms. The molecule has 2 aliphatic rings. The summed E-state index contributed by atoms with van der Waals surface area (Å²) >= 11 is 0. The van der Waals surface area contributed by atoms with Gasteiger partial charge < -0.3 is 20.4 Å². The lowest BCUT2D eigenvalue weighted by molar-refractivity contribution is -0.145. The summed E-state index contributed by atoms with van der Waals surface area (Å²) in [4.78, 5) is 52.4. The minimum absolute atomic E-state index is 0.0788. The van der Waals surface area contributed by atoms with E-state index >= 15 is 0 Å². The Hall–Kier alpha value is -3.53. The van der Waals surface area contributed by atoms with Gasteiger partial charge in [-0.15, -0.1) is 0 Å². The third-order valence-corrected chi connectivity index (χ3v) is 5.93. The van der Waals surface area contributed by atoms with Crippen LogP contribution in [0.3, 0.4) is 0 Å². The molecule has 2 aromatic rings.